The van der Waals surface area contributed by atoms with Crippen LogP contribution in [0.15, 0.2) is 48.5 Å². The second kappa shape index (κ2) is 7.33. The second-order valence-electron chi connectivity index (χ2n) is 5.86. The Hall–Kier alpha value is -2.25. The minimum absolute atomic E-state index is 0.168. The van der Waals surface area contributed by atoms with Gasteiger partial charge in [-0.05, 0) is 23.8 Å². The van der Waals surface area contributed by atoms with E-state index in [4.69, 9.17) is 0 Å². The zero-order chi connectivity index (χ0) is 17.9. The Balaban J connectivity index is 1.93. The number of hydrogen-bond donors (Lipinski definition) is 2. The van der Waals surface area contributed by atoms with Gasteiger partial charge in [-0.3, -0.25) is 4.90 Å². The largest absolute Gasteiger partial charge is 0.573 e. The first-order valence-electron chi connectivity index (χ1n) is 8.02. The minimum Gasteiger partial charge on any atom is -0.508 e. The number of halogens is 3. The van der Waals surface area contributed by atoms with Crippen LogP contribution in [0.3, 0.4) is 0 Å². The van der Waals surface area contributed by atoms with Gasteiger partial charge in [0.1, 0.15) is 11.5 Å². The molecule has 1 atom stereocenters. The second-order valence-corrected chi connectivity index (χ2v) is 5.86. The third-order valence-electron chi connectivity index (χ3n) is 4.18. The minimum atomic E-state index is -4.71. The fourth-order valence-corrected chi connectivity index (χ4v) is 3.10. The first-order valence-corrected chi connectivity index (χ1v) is 8.02. The summed E-state index contributed by atoms with van der Waals surface area (Å²) >= 11 is 0. The molecule has 1 fully saturated rings. The molecule has 2 N–H and O–H groups in total. The van der Waals surface area contributed by atoms with E-state index in [2.05, 4.69) is 15.0 Å². The van der Waals surface area contributed by atoms with E-state index < -0.39 is 6.36 Å². The zero-order valence-corrected chi connectivity index (χ0v) is 13.5. The van der Waals surface area contributed by atoms with Gasteiger partial charge in [0.15, 0.2) is 0 Å². The number of phenolic OH excluding ortho intramolecular Hbond substituents is 1. The van der Waals surface area contributed by atoms with Crippen LogP contribution >= 0.6 is 0 Å². The molecular formula is C18H19F3N2O2. The van der Waals surface area contributed by atoms with Crippen molar-refractivity contribution in [3.05, 3.63) is 59.7 Å². The van der Waals surface area contributed by atoms with Gasteiger partial charge in [-0.15, -0.1) is 13.2 Å². The van der Waals surface area contributed by atoms with Crippen molar-refractivity contribution in [1.29, 1.82) is 0 Å². The van der Waals surface area contributed by atoms with Gasteiger partial charge < -0.3 is 15.2 Å². The Labute approximate surface area is 143 Å². The maximum atomic E-state index is 12.3. The Morgan fingerprint density at radius 3 is 2.24 bits per heavy atom. The van der Waals surface area contributed by atoms with Crippen LogP contribution < -0.4 is 10.1 Å². The number of hydrogen-bond acceptors (Lipinski definition) is 4. The molecule has 0 saturated carbocycles. The normalized spacial score (nSPS) is 17.2. The third kappa shape index (κ3) is 4.43. The molecule has 0 spiro atoms. The lowest BCUT2D eigenvalue weighted by atomic mass is 9.95. The predicted molar refractivity (Wildman–Crippen MR) is 87.5 cm³/mol. The van der Waals surface area contributed by atoms with Crippen LogP contribution in [0.2, 0.25) is 0 Å². The molecule has 1 aliphatic rings. The SMILES string of the molecule is Oc1ccccc1[C@@H](c1ccc(OC(F)(F)F)cc1)N1CCNCC1. The fourth-order valence-electron chi connectivity index (χ4n) is 3.10. The molecule has 25 heavy (non-hydrogen) atoms. The maximum absolute atomic E-state index is 12.3. The topological polar surface area (TPSA) is 44.7 Å². The maximum Gasteiger partial charge on any atom is 0.573 e. The van der Waals surface area contributed by atoms with Gasteiger partial charge in [-0.2, -0.15) is 0 Å². The van der Waals surface area contributed by atoms with Crippen molar-refractivity contribution in [1.82, 2.24) is 10.2 Å². The lowest BCUT2D eigenvalue weighted by Crippen LogP contribution is -2.45. The molecular weight excluding hydrogens is 333 g/mol. The Bertz CT molecular complexity index is 698. The van der Waals surface area contributed by atoms with E-state index >= 15 is 0 Å². The molecule has 0 unspecified atom stereocenters. The Morgan fingerprint density at radius 2 is 1.64 bits per heavy atom. The number of aromatic hydroxyl groups is 1. The van der Waals surface area contributed by atoms with Crippen LogP contribution in [0.25, 0.3) is 0 Å². The van der Waals surface area contributed by atoms with Crippen LogP contribution in [0.1, 0.15) is 17.2 Å². The van der Waals surface area contributed by atoms with Gasteiger partial charge in [-0.25, -0.2) is 0 Å². The van der Waals surface area contributed by atoms with Gasteiger partial charge in [0.05, 0.1) is 6.04 Å². The van der Waals surface area contributed by atoms with Crippen molar-refractivity contribution >= 4 is 0 Å². The number of ether oxygens (including phenoxy) is 1. The number of nitrogens with one attached hydrogen (secondary N) is 1. The van der Waals surface area contributed by atoms with Crippen molar-refractivity contribution in [2.75, 3.05) is 26.2 Å². The van der Waals surface area contributed by atoms with Gasteiger partial charge in [0, 0.05) is 31.7 Å². The van der Waals surface area contributed by atoms with E-state index in [-0.39, 0.29) is 17.5 Å². The van der Waals surface area contributed by atoms with Gasteiger partial charge in [0.2, 0.25) is 0 Å². The number of alkyl halides is 3. The Kier molecular flexibility index (Phi) is 5.15. The molecule has 1 aliphatic heterocycles. The van der Waals surface area contributed by atoms with Gasteiger partial charge in [-0.1, -0.05) is 30.3 Å². The molecule has 0 radical (unpaired) electrons. The molecule has 4 nitrogen and oxygen atoms in total. The number of phenols is 1. The van der Waals surface area contributed by atoms with E-state index in [9.17, 15) is 18.3 Å². The smallest absolute Gasteiger partial charge is 0.508 e. The summed E-state index contributed by atoms with van der Waals surface area (Å²) in [5, 5.41) is 13.5. The van der Waals surface area contributed by atoms with Crippen LogP contribution in [0.4, 0.5) is 13.2 Å². The highest BCUT2D eigenvalue weighted by Crippen LogP contribution is 2.35. The summed E-state index contributed by atoms with van der Waals surface area (Å²) in [5.74, 6) is -0.0887. The molecule has 0 aliphatic carbocycles. The Morgan fingerprint density at radius 1 is 1.00 bits per heavy atom. The lowest BCUT2D eigenvalue weighted by Gasteiger charge is -2.35. The van der Waals surface area contributed by atoms with E-state index in [1.165, 1.54) is 12.1 Å². The fraction of sp³-hybridized carbons (Fsp3) is 0.333. The lowest BCUT2D eigenvalue weighted by molar-refractivity contribution is -0.274. The van der Waals surface area contributed by atoms with Crippen molar-refractivity contribution < 1.29 is 23.0 Å². The zero-order valence-electron chi connectivity index (χ0n) is 13.5. The van der Waals surface area contributed by atoms with Gasteiger partial charge in [0.25, 0.3) is 0 Å². The molecule has 1 saturated heterocycles. The molecule has 0 aromatic heterocycles. The highest BCUT2D eigenvalue weighted by atomic mass is 19.4. The first kappa shape index (κ1) is 17.6. The number of benzene rings is 2. The molecule has 1 heterocycles. The molecule has 134 valence electrons. The highest BCUT2D eigenvalue weighted by molar-refractivity contribution is 5.42. The molecule has 2 aromatic carbocycles. The third-order valence-corrected chi connectivity index (χ3v) is 4.18. The quantitative estimate of drug-likeness (QED) is 0.886. The van der Waals surface area contributed by atoms with Gasteiger partial charge >= 0.3 is 6.36 Å². The van der Waals surface area contributed by atoms with Crippen LogP contribution in [-0.2, 0) is 0 Å². The van der Waals surface area contributed by atoms with Crippen molar-refractivity contribution in [3.63, 3.8) is 0 Å². The molecule has 0 amide bonds. The number of nitrogens with zero attached hydrogens (tertiary/aromatic N) is 1. The van der Waals surface area contributed by atoms with Crippen LogP contribution in [-0.4, -0.2) is 42.5 Å². The molecule has 3 rings (SSSR count). The number of rotatable bonds is 4. The van der Waals surface area contributed by atoms with Crippen LogP contribution in [0, 0.1) is 0 Å². The summed E-state index contributed by atoms with van der Waals surface area (Å²) in [7, 11) is 0. The summed E-state index contributed by atoms with van der Waals surface area (Å²) < 4.78 is 41.0. The van der Waals surface area contributed by atoms with Crippen molar-refractivity contribution in [3.8, 4) is 11.5 Å². The predicted octanol–water partition coefficient (Wildman–Crippen LogP) is 3.29. The summed E-state index contributed by atoms with van der Waals surface area (Å²) in [4.78, 5) is 2.20. The highest BCUT2D eigenvalue weighted by Gasteiger charge is 2.31. The van der Waals surface area contributed by atoms with Crippen molar-refractivity contribution in [2.45, 2.75) is 12.4 Å². The summed E-state index contributed by atoms with van der Waals surface area (Å²) in [5.41, 5.74) is 1.53. The van der Waals surface area contributed by atoms with E-state index in [0.29, 0.717) is 0 Å². The standard InChI is InChI=1S/C18H19F3N2O2/c19-18(20,21)25-14-7-5-13(6-8-14)17(23-11-9-22-10-12-23)15-3-1-2-4-16(15)24/h1-8,17,22,24H,9-12H2/t17-/m1/s1. The van der Waals surface area contributed by atoms with E-state index in [1.807, 2.05) is 12.1 Å². The summed E-state index contributed by atoms with van der Waals surface area (Å²) in [6.07, 6.45) is -4.71. The average Bonchev–Trinajstić information content (AvgIpc) is 2.58. The van der Waals surface area contributed by atoms with Crippen LogP contribution in [0.5, 0.6) is 11.5 Å². The number of para-hydroxylation sites is 1. The first-order chi connectivity index (χ1) is 11.9. The van der Waals surface area contributed by atoms with E-state index in [1.54, 1.807) is 24.3 Å². The number of piperazine rings is 1. The summed E-state index contributed by atoms with van der Waals surface area (Å²) in [6, 6.07) is 12.6. The monoisotopic (exact) mass is 352 g/mol. The average molecular weight is 352 g/mol. The van der Waals surface area contributed by atoms with Crippen molar-refractivity contribution in [2.24, 2.45) is 0 Å². The molecule has 0 bridgehead atoms. The molecule has 7 heteroatoms. The van der Waals surface area contributed by atoms with E-state index in [0.717, 1.165) is 37.3 Å². The summed E-state index contributed by atoms with van der Waals surface area (Å²) in [6.45, 7) is 3.19. The molecule has 2 aromatic rings.